The minimum Gasteiger partial charge on any atom is -0.484 e. The summed E-state index contributed by atoms with van der Waals surface area (Å²) in [6, 6.07) is 0. The van der Waals surface area contributed by atoms with Crippen molar-refractivity contribution in [2.24, 2.45) is 7.05 Å². The van der Waals surface area contributed by atoms with Crippen molar-refractivity contribution in [3.8, 4) is 5.75 Å². The molecule has 0 amide bonds. The van der Waals surface area contributed by atoms with E-state index in [9.17, 15) is 5.11 Å². The van der Waals surface area contributed by atoms with Crippen LogP contribution in [0.2, 0.25) is 0 Å². The molecule has 1 aromatic rings. The Labute approximate surface area is 83.5 Å². The lowest BCUT2D eigenvalue weighted by Crippen LogP contribution is -2.34. The van der Waals surface area contributed by atoms with Crippen LogP contribution in [0.1, 0.15) is 25.7 Å². The monoisotopic (exact) mass is 196 g/mol. The Morgan fingerprint density at radius 2 is 2.29 bits per heavy atom. The molecule has 0 bridgehead atoms. The Balaban J connectivity index is 1.95. The van der Waals surface area contributed by atoms with Gasteiger partial charge in [-0.1, -0.05) is 6.42 Å². The van der Waals surface area contributed by atoms with Gasteiger partial charge in [-0.3, -0.25) is 4.68 Å². The highest BCUT2D eigenvalue weighted by molar-refractivity contribution is 5.12. The Morgan fingerprint density at radius 3 is 2.93 bits per heavy atom. The van der Waals surface area contributed by atoms with Gasteiger partial charge in [-0.2, -0.15) is 5.10 Å². The molecule has 1 fully saturated rings. The van der Waals surface area contributed by atoms with Gasteiger partial charge in [0.15, 0.2) is 5.75 Å². The summed E-state index contributed by atoms with van der Waals surface area (Å²) < 4.78 is 7.35. The first kappa shape index (κ1) is 9.52. The van der Waals surface area contributed by atoms with E-state index >= 15 is 0 Å². The van der Waals surface area contributed by atoms with Crippen molar-refractivity contribution in [2.45, 2.75) is 37.9 Å². The molecule has 1 aliphatic carbocycles. The lowest BCUT2D eigenvalue weighted by molar-refractivity contribution is 0.00684. The van der Waals surface area contributed by atoms with E-state index in [2.05, 4.69) is 5.10 Å². The van der Waals surface area contributed by atoms with Crippen LogP contribution in [-0.2, 0) is 7.05 Å². The van der Waals surface area contributed by atoms with Gasteiger partial charge in [0.1, 0.15) is 6.10 Å². The number of rotatable bonds is 2. The normalized spacial score (nSPS) is 27.6. The molecule has 0 spiro atoms. The summed E-state index contributed by atoms with van der Waals surface area (Å²) in [5.74, 6) is 0.749. The summed E-state index contributed by atoms with van der Waals surface area (Å²) in [6.45, 7) is 0. The minimum atomic E-state index is -0.316. The van der Waals surface area contributed by atoms with Crippen molar-refractivity contribution in [2.75, 3.05) is 0 Å². The number of aryl methyl sites for hydroxylation is 1. The lowest BCUT2D eigenvalue weighted by Gasteiger charge is -2.27. The van der Waals surface area contributed by atoms with Crippen molar-refractivity contribution >= 4 is 0 Å². The van der Waals surface area contributed by atoms with Crippen LogP contribution in [0.5, 0.6) is 5.75 Å². The molecular weight excluding hydrogens is 180 g/mol. The average Bonchev–Trinajstić information content (AvgIpc) is 2.56. The van der Waals surface area contributed by atoms with E-state index < -0.39 is 0 Å². The number of aromatic nitrogens is 2. The van der Waals surface area contributed by atoms with E-state index in [1.165, 1.54) is 0 Å². The van der Waals surface area contributed by atoms with E-state index in [0.29, 0.717) is 0 Å². The molecule has 4 heteroatoms. The van der Waals surface area contributed by atoms with Crippen molar-refractivity contribution < 1.29 is 9.84 Å². The lowest BCUT2D eigenvalue weighted by atomic mass is 9.95. The van der Waals surface area contributed by atoms with E-state index in [4.69, 9.17) is 4.74 Å². The summed E-state index contributed by atoms with van der Waals surface area (Å²) in [4.78, 5) is 0. The fourth-order valence-corrected chi connectivity index (χ4v) is 1.85. The molecule has 1 heterocycles. The maximum Gasteiger partial charge on any atom is 0.157 e. The summed E-state index contributed by atoms with van der Waals surface area (Å²) in [7, 11) is 1.85. The van der Waals surface area contributed by atoms with Gasteiger partial charge in [0.2, 0.25) is 0 Å². The molecule has 2 atom stereocenters. The average molecular weight is 196 g/mol. The van der Waals surface area contributed by atoms with Crippen molar-refractivity contribution in [3.63, 3.8) is 0 Å². The van der Waals surface area contributed by atoms with E-state index in [1.807, 2.05) is 13.2 Å². The van der Waals surface area contributed by atoms with Crippen LogP contribution < -0.4 is 4.74 Å². The Morgan fingerprint density at radius 1 is 1.50 bits per heavy atom. The first-order chi connectivity index (χ1) is 6.75. The first-order valence-electron chi connectivity index (χ1n) is 5.09. The van der Waals surface area contributed by atoms with Crippen LogP contribution in [0.25, 0.3) is 0 Å². The number of aliphatic hydroxyl groups is 1. The van der Waals surface area contributed by atoms with Gasteiger partial charge in [-0.25, -0.2) is 0 Å². The third-order valence-electron chi connectivity index (χ3n) is 2.64. The Bertz CT molecular complexity index is 298. The maximum absolute atomic E-state index is 9.68. The fraction of sp³-hybridized carbons (Fsp3) is 0.700. The van der Waals surface area contributed by atoms with Gasteiger partial charge in [0.25, 0.3) is 0 Å². The Hall–Kier alpha value is -1.03. The molecule has 14 heavy (non-hydrogen) atoms. The number of hydrogen-bond acceptors (Lipinski definition) is 3. The van der Waals surface area contributed by atoms with Crippen LogP contribution in [0.3, 0.4) is 0 Å². The van der Waals surface area contributed by atoms with Gasteiger partial charge < -0.3 is 9.84 Å². The molecule has 2 rings (SSSR count). The molecule has 0 aromatic carbocycles. The standard InChI is InChI=1S/C10H16N2O2/c1-12-7-8(6-11-12)14-10-5-3-2-4-9(10)13/h6-7,9-10,13H,2-5H2,1H3/t9-,10-/m1/s1. The molecule has 1 aromatic heterocycles. The van der Waals surface area contributed by atoms with E-state index in [0.717, 1.165) is 31.4 Å². The second-order valence-electron chi connectivity index (χ2n) is 3.86. The number of aliphatic hydroxyl groups excluding tert-OH is 1. The number of hydrogen-bond donors (Lipinski definition) is 1. The summed E-state index contributed by atoms with van der Waals surface area (Å²) in [5, 5.41) is 13.7. The summed E-state index contributed by atoms with van der Waals surface area (Å²) in [5.41, 5.74) is 0. The van der Waals surface area contributed by atoms with Crippen LogP contribution in [-0.4, -0.2) is 27.1 Å². The molecule has 0 aliphatic heterocycles. The quantitative estimate of drug-likeness (QED) is 0.770. The highest BCUT2D eigenvalue weighted by atomic mass is 16.5. The zero-order chi connectivity index (χ0) is 9.97. The molecule has 1 aliphatic rings. The second kappa shape index (κ2) is 4.00. The smallest absolute Gasteiger partial charge is 0.157 e. The summed E-state index contributed by atoms with van der Waals surface area (Å²) >= 11 is 0. The topological polar surface area (TPSA) is 47.3 Å². The molecule has 78 valence electrons. The number of nitrogens with zero attached hydrogens (tertiary/aromatic N) is 2. The second-order valence-corrected chi connectivity index (χ2v) is 3.86. The van der Waals surface area contributed by atoms with Crippen LogP contribution in [0.15, 0.2) is 12.4 Å². The van der Waals surface area contributed by atoms with Gasteiger partial charge in [-0.15, -0.1) is 0 Å². The Kier molecular flexibility index (Phi) is 2.72. The van der Waals surface area contributed by atoms with E-state index in [1.54, 1.807) is 10.9 Å². The third kappa shape index (κ3) is 2.07. The zero-order valence-corrected chi connectivity index (χ0v) is 8.39. The third-order valence-corrected chi connectivity index (χ3v) is 2.64. The van der Waals surface area contributed by atoms with Gasteiger partial charge >= 0.3 is 0 Å². The van der Waals surface area contributed by atoms with E-state index in [-0.39, 0.29) is 12.2 Å². The highest BCUT2D eigenvalue weighted by Gasteiger charge is 2.24. The summed E-state index contributed by atoms with van der Waals surface area (Å²) in [6.07, 6.45) is 7.18. The highest BCUT2D eigenvalue weighted by Crippen LogP contribution is 2.23. The zero-order valence-electron chi connectivity index (χ0n) is 8.39. The molecule has 1 N–H and O–H groups in total. The molecule has 0 radical (unpaired) electrons. The van der Waals surface area contributed by atoms with Crippen LogP contribution in [0.4, 0.5) is 0 Å². The van der Waals surface area contributed by atoms with Crippen molar-refractivity contribution in [1.29, 1.82) is 0 Å². The molecule has 1 saturated carbocycles. The van der Waals surface area contributed by atoms with Gasteiger partial charge in [0, 0.05) is 7.05 Å². The van der Waals surface area contributed by atoms with Crippen molar-refractivity contribution in [1.82, 2.24) is 9.78 Å². The molecule has 0 unspecified atom stereocenters. The maximum atomic E-state index is 9.68. The van der Waals surface area contributed by atoms with Crippen LogP contribution >= 0.6 is 0 Å². The molecular formula is C10H16N2O2. The molecule has 4 nitrogen and oxygen atoms in total. The fourth-order valence-electron chi connectivity index (χ4n) is 1.85. The largest absolute Gasteiger partial charge is 0.484 e. The van der Waals surface area contributed by atoms with Crippen molar-refractivity contribution in [3.05, 3.63) is 12.4 Å². The molecule has 0 saturated heterocycles. The SMILES string of the molecule is Cn1cc(O[C@@H]2CCCC[C@H]2O)cn1. The van der Waals surface area contributed by atoms with Crippen LogP contribution in [0, 0.1) is 0 Å². The number of ether oxygens (including phenoxy) is 1. The predicted molar refractivity (Wildman–Crippen MR) is 52.1 cm³/mol. The first-order valence-corrected chi connectivity index (χ1v) is 5.09. The van der Waals surface area contributed by atoms with Gasteiger partial charge in [0.05, 0.1) is 18.5 Å². The minimum absolute atomic E-state index is 0.0482. The van der Waals surface area contributed by atoms with Gasteiger partial charge in [-0.05, 0) is 19.3 Å². The predicted octanol–water partition coefficient (Wildman–Crippen LogP) is 1.10.